The van der Waals surface area contributed by atoms with Crippen LogP contribution in [0.15, 0.2) is 154 Å². The van der Waals surface area contributed by atoms with Gasteiger partial charge in [0.25, 0.3) is 0 Å². The van der Waals surface area contributed by atoms with Gasteiger partial charge in [0.15, 0.2) is 0 Å². The highest BCUT2D eigenvalue weighted by Crippen LogP contribution is 2.31. The van der Waals surface area contributed by atoms with E-state index in [4.69, 9.17) is 32.7 Å². The first kappa shape index (κ1) is 92.6. The SMILES string of the molecule is CC(C)(C)[S@@](=O)N1CCC[C@H](c2ccc(F)cc2)C1.CC(C)(C)[S@@](=O)NC[C@H](CCCCl)c1ccc(F)cc1.CO/C(=N\[S@](=O)C(C)(C)C)[C@H](CCCCl)c1ccc(F)cc1.CO/C(Cc1ccc(F)cc1)=N\[S@](=O)C(C)(C)C.COC(=O)Cc1ccc(F)cc1.Fc1ccc([C@H]2CCCNC2)cc1. The van der Waals surface area contributed by atoms with Gasteiger partial charge in [0.05, 0.1) is 74.6 Å². The Morgan fingerprint density at radius 2 is 0.952 bits per heavy atom. The van der Waals surface area contributed by atoms with Gasteiger partial charge in [-0.3, -0.25) is 4.79 Å². The van der Waals surface area contributed by atoms with Crippen molar-refractivity contribution in [2.45, 2.75) is 190 Å². The summed E-state index contributed by atoms with van der Waals surface area (Å²) in [5.74, 6) is 1.05. The van der Waals surface area contributed by atoms with Crippen LogP contribution < -0.4 is 10.0 Å². The molecule has 578 valence electrons. The fourth-order valence-corrected chi connectivity index (χ4v) is 13.8. The molecule has 6 aromatic carbocycles. The van der Waals surface area contributed by atoms with Crippen LogP contribution in [0.4, 0.5) is 26.3 Å². The second-order valence-electron chi connectivity index (χ2n) is 28.7. The van der Waals surface area contributed by atoms with E-state index in [1.165, 1.54) is 100 Å². The molecule has 2 heterocycles. The standard InChI is InChI=1S/C16H23ClFNO2S.C15H23ClFNOS.C15H22FNOS.C13H18FNO2S.C11H14FN.C9H9FO2/c1-16(2,3)22(20)19-15(21-4)14(6-5-11-17)12-7-9-13(18)10-8-12;1-15(2,3)20(19)18-11-13(5-4-10-16)12-6-8-14(17)9-7-12;1-15(2,3)19(18)17-10-4-5-13(11-17)12-6-8-14(16)9-7-12;1-13(2,3)18(16)15-12(17-4)9-10-5-7-11(14)8-6-10;12-11-5-3-9(4-6-11)10-2-1-7-13-8-10;1-12-9(11)6-7-2-4-8(10)5-3-7/h7-10,14H,5-6,11H2,1-4H3;6-9,13,18H,4-5,10-11H2,1-3H3;6-9,13H,4-5,10-11H2,1-3H3;5-8H,9H2,1-4H3;3-6,10,13H,1-2,7-8H2;2-5H,6H2,1H3/b19-15-;;;15-12-;;/t14-,22-;13-,20+;13-,19+;18-;10-;/m10010./s1. The molecule has 25 heteroatoms. The number of carbonyl (C=O) groups is 1. The molecular formula is C79H109Cl2F6N5O8S4. The van der Waals surface area contributed by atoms with Gasteiger partial charge >= 0.3 is 5.97 Å². The number of rotatable bonds is 21. The van der Waals surface area contributed by atoms with Crippen molar-refractivity contribution < 1.29 is 62.2 Å². The molecular weight excluding hydrogens is 1460 g/mol. The summed E-state index contributed by atoms with van der Waals surface area (Å²) in [7, 11) is -0.511. The summed E-state index contributed by atoms with van der Waals surface area (Å²) in [5, 5.41) is 3.35. The molecule has 0 saturated carbocycles. The number of hydrogen-bond acceptors (Lipinski definition) is 9. The zero-order chi connectivity index (χ0) is 77.8. The van der Waals surface area contributed by atoms with E-state index < -0.39 is 53.4 Å². The molecule has 8 atom stereocenters. The minimum Gasteiger partial charge on any atom is -0.483 e. The van der Waals surface area contributed by atoms with E-state index in [0.717, 1.165) is 86.1 Å². The van der Waals surface area contributed by atoms with Gasteiger partial charge < -0.3 is 19.5 Å². The van der Waals surface area contributed by atoms with Crippen molar-refractivity contribution in [3.63, 3.8) is 0 Å². The van der Waals surface area contributed by atoms with Gasteiger partial charge in [-0.1, -0.05) is 72.8 Å². The number of benzene rings is 6. The van der Waals surface area contributed by atoms with Gasteiger partial charge in [0.2, 0.25) is 11.8 Å². The second kappa shape index (κ2) is 47.2. The van der Waals surface area contributed by atoms with Gasteiger partial charge in [-0.2, -0.15) is 8.80 Å². The van der Waals surface area contributed by atoms with Crippen LogP contribution in [-0.4, -0.2) is 124 Å². The molecule has 2 aliphatic heterocycles. The Morgan fingerprint density at radius 3 is 1.37 bits per heavy atom. The van der Waals surface area contributed by atoms with E-state index in [9.17, 15) is 48.0 Å². The second-order valence-corrected chi connectivity index (χ2v) is 37.6. The lowest BCUT2D eigenvalue weighted by Crippen LogP contribution is -2.42. The summed E-state index contributed by atoms with van der Waals surface area (Å²) in [6, 6.07) is 38.1. The minimum absolute atomic E-state index is 0.146. The van der Waals surface area contributed by atoms with Gasteiger partial charge in [-0.15, -0.1) is 23.2 Å². The number of nitrogens with one attached hydrogen (secondary N) is 2. The van der Waals surface area contributed by atoms with Crippen LogP contribution in [0.3, 0.4) is 0 Å². The molecule has 2 fully saturated rings. The first-order valence-electron chi connectivity index (χ1n) is 34.7. The number of carbonyl (C=O) groups excluding carboxylic acids is 1. The van der Waals surface area contributed by atoms with Crippen molar-refractivity contribution in [2.24, 2.45) is 8.80 Å². The summed E-state index contributed by atoms with van der Waals surface area (Å²) in [4.78, 5) is 10.8. The third-order valence-electron chi connectivity index (χ3n) is 16.0. The van der Waals surface area contributed by atoms with Crippen LogP contribution in [0, 0.1) is 34.9 Å². The summed E-state index contributed by atoms with van der Waals surface area (Å²) >= 11 is 11.5. The number of alkyl halides is 2. The minimum atomic E-state index is -1.42. The number of methoxy groups -OCH3 is 3. The van der Waals surface area contributed by atoms with Crippen molar-refractivity contribution in [3.8, 4) is 0 Å². The van der Waals surface area contributed by atoms with Gasteiger partial charge in [-0.05, 0) is 265 Å². The van der Waals surface area contributed by atoms with Crippen molar-refractivity contribution in [3.05, 3.63) is 214 Å². The van der Waals surface area contributed by atoms with Gasteiger partial charge in [-0.25, -0.2) is 52.2 Å². The zero-order valence-corrected chi connectivity index (χ0v) is 67.7. The highest BCUT2D eigenvalue weighted by atomic mass is 35.5. The molecule has 0 aliphatic carbocycles. The fourth-order valence-electron chi connectivity index (χ4n) is 10.1. The third-order valence-corrected chi connectivity index (χ3v) is 22.7. The quantitative estimate of drug-likeness (QED) is 0.0235. The maximum Gasteiger partial charge on any atom is 0.309 e. The van der Waals surface area contributed by atoms with Crippen LogP contribution in [0.5, 0.6) is 0 Å². The first-order valence-corrected chi connectivity index (χ1v) is 40.3. The normalized spacial score (nSPS) is 16.9. The van der Waals surface area contributed by atoms with Gasteiger partial charge in [0, 0.05) is 44.4 Å². The number of ether oxygens (including phenoxy) is 3. The van der Waals surface area contributed by atoms with Crippen LogP contribution in [-0.2, 0) is 75.8 Å². The van der Waals surface area contributed by atoms with Crippen LogP contribution in [0.25, 0.3) is 0 Å². The van der Waals surface area contributed by atoms with E-state index in [-0.39, 0.29) is 68.6 Å². The fraction of sp³-hybridized carbons (Fsp3) is 0.506. The first-order chi connectivity index (χ1) is 48.9. The Kier molecular flexibility index (Phi) is 42.0. The average Bonchev–Trinajstić information content (AvgIpc) is 0.832. The molecule has 6 aromatic rings. The Labute approximate surface area is 635 Å². The number of halogens is 8. The molecule has 8 rings (SSSR count). The van der Waals surface area contributed by atoms with Crippen molar-refractivity contribution in [1.29, 1.82) is 0 Å². The highest BCUT2D eigenvalue weighted by molar-refractivity contribution is 7.85. The maximum absolute atomic E-state index is 13.1. The van der Waals surface area contributed by atoms with Crippen LogP contribution in [0.2, 0.25) is 0 Å². The number of nitrogens with zero attached hydrogens (tertiary/aromatic N) is 3. The molecule has 0 spiro atoms. The summed E-state index contributed by atoms with van der Waals surface area (Å²) in [6.07, 6.45) is 8.40. The predicted octanol–water partition coefficient (Wildman–Crippen LogP) is 18.6. The lowest BCUT2D eigenvalue weighted by Gasteiger charge is -2.35. The molecule has 0 unspecified atom stereocenters. The van der Waals surface area contributed by atoms with E-state index in [2.05, 4.69) is 27.9 Å². The van der Waals surface area contributed by atoms with Crippen molar-refractivity contribution in [1.82, 2.24) is 14.3 Å². The highest BCUT2D eigenvalue weighted by Gasteiger charge is 2.32. The summed E-state index contributed by atoms with van der Waals surface area (Å²) < 4.78 is 152. The lowest BCUT2D eigenvalue weighted by molar-refractivity contribution is -0.139. The van der Waals surface area contributed by atoms with E-state index in [1.807, 2.05) is 107 Å². The van der Waals surface area contributed by atoms with Crippen molar-refractivity contribution in [2.75, 3.05) is 65.8 Å². The van der Waals surface area contributed by atoms with Crippen LogP contribution in [0.1, 0.15) is 192 Å². The maximum atomic E-state index is 13.1. The Bertz CT molecular complexity index is 3610. The largest absolute Gasteiger partial charge is 0.483 e. The van der Waals surface area contributed by atoms with Crippen molar-refractivity contribution >= 4 is 84.9 Å². The topological polar surface area (TPSA) is 165 Å². The molecule has 104 heavy (non-hydrogen) atoms. The number of piperidine rings is 2. The smallest absolute Gasteiger partial charge is 0.309 e. The summed E-state index contributed by atoms with van der Waals surface area (Å²) in [6.45, 7) is 27.4. The van der Waals surface area contributed by atoms with Gasteiger partial charge in [0.1, 0.15) is 56.9 Å². The van der Waals surface area contributed by atoms with E-state index in [0.29, 0.717) is 54.8 Å². The molecule has 0 bridgehead atoms. The molecule has 2 aliphatic rings. The molecule has 2 saturated heterocycles. The predicted molar refractivity (Wildman–Crippen MR) is 420 cm³/mol. The number of hydrogen-bond donors (Lipinski definition) is 2. The average molecular weight is 1570 g/mol. The molecule has 2 N–H and O–H groups in total. The molecule has 0 radical (unpaired) electrons. The zero-order valence-electron chi connectivity index (χ0n) is 63.0. The molecule has 0 aromatic heterocycles. The number of esters is 1. The van der Waals surface area contributed by atoms with Crippen LogP contribution >= 0.6 is 23.2 Å². The Hall–Kier alpha value is -5.63. The monoisotopic (exact) mass is 1570 g/mol. The third kappa shape index (κ3) is 36.3. The molecule has 13 nitrogen and oxygen atoms in total. The van der Waals surface area contributed by atoms with E-state index in [1.54, 1.807) is 60.7 Å². The Morgan fingerprint density at radius 1 is 0.529 bits per heavy atom. The molecule has 0 amide bonds. The van der Waals surface area contributed by atoms with E-state index >= 15 is 0 Å². The Balaban J connectivity index is 0.000000327. The lowest BCUT2D eigenvalue weighted by atomic mass is 9.92. The summed E-state index contributed by atoms with van der Waals surface area (Å²) in [5.41, 5.74) is 5.95.